The third kappa shape index (κ3) is 4.93. The van der Waals surface area contributed by atoms with Gasteiger partial charge in [0.25, 0.3) is 0 Å². The fourth-order valence-electron chi connectivity index (χ4n) is 2.47. The minimum absolute atomic E-state index is 0.362. The lowest BCUT2D eigenvalue weighted by molar-refractivity contribution is 0.00925. The minimum Gasteiger partial charge on any atom is -0.450 e. The van der Waals surface area contributed by atoms with Gasteiger partial charge in [0.15, 0.2) is 0 Å². The van der Waals surface area contributed by atoms with Crippen LogP contribution in [0.25, 0.3) is 0 Å². The van der Waals surface area contributed by atoms with Crippen molar-refractivity contribution in [3.63, 3.8) is 0 Å². The molecular formula is C16H24N2O3. The smallest absolute Gasteiger partial charge is 0.411 e. The summed E-state index contributed by atoms with van der Waals surface area (Å²) in [5.41, 5.74) is 1.79. The molecule has 1 aromatic rings. The maximum absolute atomic E-state index is 11.3. The third-order valence-corrected chi connectivity index (χ3v) is 3.60. The molecule has 2 atom stereocenters. The van der Waals surface area contributed by atoms with Gasteiger partial charge in [-0.2, -0.15) is 0 Å². The molecule has 2 N–H and O–H groups in total. The van der Waals surface area contributed by atoms with E-state index in [1.54, 1.807) is 6.92 Å². The van der Waals surface area contributed by atoms with Crippen molar-refractivity contribution in [2.45, 2.75) is 45.3 Å². The van der Waals surface area contributed by atoms with E-state index < -0.39 is 6.09 Å². The molecule has 21 heavy (non-hydrogen) atoms. The predicted molar refractivity (Wildman–Crippen MR) is 83.8 cm³/mol. The van der Waals surface area contributed by atoms with Crippen LogP contribution in [-0.4, -0.2) is 31.5 Å². The Morgan fingerprint density at radius 1 is 1.29 bits per heavy atom. The largest absolute Gasteiger partial charge is 0.450 e. The highest BCUT2D eigenvalue weighted by molar-refractivity contribution is 5.84. The van der Waals surface area contributed by atoms with Gasteiger partial charge in [-0.25, -0.2) is 4.79 Å². The number of amides is 1. The Balaban J connectivity index is 1.85. The highest BCUT2D eigenvalue weighted by atomic mass is 16.5. The Hall–Kier alpha value is -1.75. The second kappa shape index (κ2) is 7.88. The van der Waals surface area contributed by atoms with Gasteiger partial charge in [0.05, 0.1) is 12.7 Å². The zero-order valence-corrected chi connectivity index (χ0v) is 12.7. The first kappa shape index (κ1) is 15.6. The monoisotopic (exact) mass is 292 g/mol. The quantitative estimate of drug-likeness (QED) is 0.870. The molecule has 1 aromatic carbocycles. The van der Waals surface area contributed by atoms with Gasteiger partial charge < -0.3 is 14.8 Å². The number of anilines is 2. The molecule has 5 heteroatoms. The van der Waals surface area contributed by atoms with E-state index >= 15 is 0 Å². The molecule has 0 spiro atoms. The van der Waals surface area contributed by atoms with Gasteiger partial charge in [-0.1, -0.05) is 6.92 Å². The number of hydrogen-bond donors (Lipinski definition) is 2. The van der Waals surface area contributed by atoms with E-state index in [9.17, 15) is 4.79 Å². The van der Waals surface area contributed by atoms with E-state index in [0.717, 1.165) is 37.2 Å². The molecule has 0 radical (unpaired) electrons. The first-order valence-corrected chi connectivity index (χ1v) is 7.63. The SMILES string of the molecule is CCOC(=O)Nc1ccc(NC2CCOC(CC)C2)cc1. The Kier molecular flexibility index (Phi) is 5.87. The van der Waals surface area contributed by atoms with Crippen LogP contribution in [0.1, 0.15) is 33.1 Å². The van der Waals surface area contributed by atoms with Gasteiger partial charge in [0.2, 0.25) is 0 Å². The van der Waals surface area contributed by atoms with E-state index in [1.165, 1.54) is 0 Å². The van der Waals surface area contributed by atoms with Gasteiger partial charge in [-0.15, -0.1) is 0 Å². The van der Waals surface area contributed by atoms with Gasteiger partial charge in [0.1, 0.15) is 0 Å². The maximum Gasteiger partial charge on any atom is 0.411 e. The van der Waals surface area contributed by atoms with E-state index in [4.69, 9.17) is 9.47 Å². The van der Waals surface area contributed by atoms with Crippen molar-refractivity contribution in [2.75, 3.05) is 23.8 Å². The van der Waals surface area contributed by atoms with Crippen molar-refractivity contribution in [2.24, 2.45) is 0 Å². The molecule has 2 rings (SSSR count). The number of carbonyl (C=O) groups excluding carboxylic acids is 1. The van der Waals surface area contributed by atoms with Crippen molar-refractivity contribution >= 4 is 17.5 Å². The number of carbonyl (C=O) groups is 1. The van der Waals surface area contributed by atoms with Gasteiger partial charge in [0, 0.05) is 24.0 Å². The first-order valence-electron chi connectivity index (χ1n) is 7.63. The number of nitrogens with one attached hydrogen (secondary N) is 2. The molecule has 0 aliphatic carbocycles. The maximum atomic E-state index is 11.3. The third-order valence-electron chi connectivity index (χ3n) is 3.60. The molecule has 1 amide bonds. The number of ether oxygens (including phenoxy) is 2. The molecule has 1 saturated heterocycles. The molecule has 1 aliphatic rings. The van der Waals surface area contributed by atoms with Gasteiger partial charge in [-0.05, 0) is 50.5 Å². The zero-order chi connectivity index (χ0) is 15.1. The molecule has 116 valence electrons. The van der Waals surface area contributed by atoms with Crippen molar-refractivity contribution in [3.8, 4) is 0 Å². The lowest BCUT2D eigenvalue weighted by Gasteiger charge is -2.30. The van der Waals surface area contributed by atoms with E-state index in [1.807, 2.05) is 24.3 Å². The number of rotatable bonds is 5. The van der Waals surface area contributed by atoms with Crippen LogP contribution < -0.4 is 10.6 Å². The predicted octanol–water partition coefficient (Wildman–Crippen LogP) is 3.62. The zero-order valence-electron chi connectivity index (χ0n) is 12.7. The topological polar surface area (TPSA) is 59.6 Å². The number of hydrogen-bond acceptors (Lipinski definition) is 4. The molecule has 2 unspecified atom stereocenters. The van der Waals surface area contributed by atoms with E-state index in [2.05, 4.69) is 17.6 Å². The Morgan fingerprint density at radius 2 is 2.00 bits per heavy atom. The summed E-state index contributed by atoms with van der Waals surface area (Å²) in [7, 11) is 0. The molecular weight excluding hydrogens is 268 g/mol. The summed E-state index contributed by atoms with van der Waals surface area (Å²) in [4.78, 5) is 11.3. The van der Waals surface area contributed by atoms with Crippen LogP contribution in [0.15, 0.2) is 24.3 Å². The molecule has 1 aliphatic heterocycles. The second-order valence-electron chi connectivity index (χ2n) is 5.19. The summed E-state index contributed by atoms with van der Waals surface area (Å²) < 4.78 is 10.5. The average Bonchev–Trinajstić information content (AvgIpc) is 2.50. The standard InChI is InChI=1S/C16H24N2O3/c1-3-15-11-14(9-10-21-15)17-12-5-7-13(8-6-12)18-16(19)20-4-2/h5-8,14-15,17H,3-4,9-11H2,1-2H3,(H,18,19). The molecule has 1 fully saturated rings. The Bertz CT molecular complexity index is 447. The van der Waals surface area contributed by atoms with Crippen LogP contribution in [0.5, 0.6) is 0 Å². The van der Waals surface area contributed by atoms with Crippen molar-refractivity contribution in [1.82, 2.24) is 0 Å². The fourth-order valence-corrected chi connectivity index (χ4v) is 2.47. The Morgan fingerprint density at radius 3 is 2.67 bits per heavy atom. The van der Waals surface area contributed by atoms with Gasteiger partial charge in [-0.3, -0.25) is 5.32 Å². The summed E-state index contributed by atoms with van der Waals surface area (Å²) in [5, 5.41) is 6.21. The Labute approximate surface area is 126 Å². The van der Waals surface area contributed by atoms with Crippen molar-refractivity contribution < 1.29 is 14.3 Å². The van der Waals surface area contributed by atoms with E-state index in [0.29, 0.717) is 18.8 Å². The molecule has 1 heterocycles. The lowest BCUT2D eigenvalue weighted by atomic mass is 10.0. The van der Waals surface area contributed by atoms with Crippen LogP contribution in [0.4, 0.5) is 16.2 Å². The van der Waals surface area contributed by atoms with Crippen LogP contribution in [0.2, 0.25) is 0 Å². The highest BCUT2D eigenvalue weighted by Gasteiger charge is 2.20. The van der Waals surface area contributed by atoms with E-state index in [-0.39, 0.29) is 0 Å². The summed E-state index contributed by atoms with van der Waals surface area (Å²) in [6.07, 6.45) is 3.06. The highest BCUT2D eigenvalue weighted by Crippen LogP contribution is 2.21. The van der Waals surface area contributed by atoms with Gasteiger partial charge >= 0.3 is 6.09 Å². The summed E-state index contributed by atoms with van der Waals surface area (Å²) in [6.45, 7) is 5.12. The van der Waals surface area contributed by atoms with Crippen LogP contribution >= 0.6 is 0 Å². The van der Waals surface area contributed by atoms with Crippen LogP contribution in [-0.2, 0) is 9.47 Å². The van der Waals surface area contributed by atoms with Crippen LogP contribution in [0.3, 0.4) is 0 Å². The second-order valence-corrected chi connectivity index (χ2v) is 5.19. The molecule has 0 bridgehead atoms. The molecule has 5 nitrogen and oxygen atoms in total. The average molecular weight is 292 g/mol. The minimum atomic E-state index is -0.423. The van der Waals surface area contributed by atoms with Crippen molar-refractivity contribution in [1.29, 1.82) is 0 Å². The fraction of sp³-hybridized carbons (Fsp3) is 0.562. The number of benzene rings is 1. The van der Waals surface area contributed by atoms with Crippen molar-refractivity contribution in [3.05, 3.63) is 24.3 Å². The molecule has 0 saturated carbocycles. The lowest BCUT2D eigenvalue weighted by Crippen LogP contribution is -2.33. The summed E-state index contributed by atoms with van der Waals surface area (Å²) in [5.74, 6) is 0. The molecule has 0 aromatic heterocycles. The first-order chi connectivity index (χ1) is 10.2. The summed E-state index contributed by atoms with van der Waals surface area (Å²) >= 11 is 0. The normalized spacial score (nSPS) is 21.6. The summed E-state index contributed by atoms with van der Waals surface area (Å²) in [6, 6.07) is 8.13. The van der Waals surface area contributed by atoms with Crippen LogP contribution in [0, 0.1) is 0 Å².